The van der Waals surface area contributed by atoms with Crippen molar-refractivity contribution >= 4 is 23.5 Å². The third-order valence-corrected chi connectivity index (χ3v) is 4.37. The maximum Gasteiger partial charge on any atom is 0.328 e. The van der Waals surface area contributed by atoms with Gasteiger partial charge in [0.2, 0.25) is 0 Å². The number of carboxylic acid groups (broad SMARTS) is 2. The smallest absolute Gasteiger partial charge is 0.328 e. The van der Waals surface area contributed by atoms with Crippen LogP contribution in [0, 0.1) is 23.7 Å². The quantitative estimate of drug-likeness (QED) is 0.758. The summed E-state index contributed by atoms with van der Waals surface area (Å²) < 4.78 is 0. The molecule has 5 heteroatoms. The van der Waals surface area contributed by atoms with E-state index in [2.05, 4.69) is 6.58 Å². The zero-order chi connectivity index (χ0) is 15.8. The molecule has 0 aromatic carbocycles. The largest absolute Gasteiger partial charge is 0.478 e. The Kier molecular flexibility index (Phi) is 7.51. The molecule has 0 saturated heterocycles. The fraction of sp³-hybridized carbons (Fsp3) is 0.625. The van der Waals surface area contributed by atoms with Gasteiger partial charge in [0, 0.05) is 12.2 Å². The number of aliphatic carboxylic acids is 2. The molecule has 4 bridgehead atoms. The first-order valence-electron chi connectivity index (χ1n) is 7.29. The molecule has 118 valence electrons. The summed E-state index contributed by atoms with van der Waals surface area (Å²) in [7, 11) is 0. The third kappa shape index (κ3) is 6.80. The molecule has 0 aromatic heterocycles. The molecule has 0 unspecified atom stereocenters. The van der Waals surface area contributed by atoms with Gasteiger partial charge in [-0.1, -0.05) is 18.2 Å². The second-order valence-electron chi connectivity index (χ2n) is 6.04. The van der Waals surface area contributed by atoms with Crippen molar-refractivity contribution in [2.75, 3.05) is 0 Å². The van der Waals surface area contributed by atoms with E-state index in [0.29, 0.717) is 12.2 Å². The Morgan fingerprint density at radius 2 is 1.00 bits per heavy atom. The fourth-order valence-corrected chi connectivity index (χ4v) is 4.13. The summed E-state index contributed by atoms with van der Waals surface area (Å²) >= 11 is 4.76. The summed E-state index contributed by atoms with van der Waals surface area (Å²) in [6, 6.07) is 0. The summed E-state index contributed by atoms with van der Waals surface area (Å²) in [6.07, 6.45) is 10.7. The highest BCUT2D eigenvalue weighted by Crippen LogP contribution is 2.53. The molecular formula is C16H23ClO4. The second kappa shape index (κ2) is 8.88. The van der Waals surface area contributed by atoms with Gasteiger partial charge in [0.05, 0.1) is 0 Å². The topological polar surface area (TPSA) is 74.6 Å². The van der Waals surface area contributed by atoms with Crippen LogP contribution in [0.3, 0.4) is 0 Å². The predicted molar refractivity (Wildman–Crippen MR) is 82.1 cm³/mol. The van der Waals surface area contributed by atoms with E-state index < -0.39 is 11.9 Å². The van der Waals surface area contributed by atoms with Crippen molar-refractivity contribution in [1.29, 1.82) is 0 Å². The van der Waals surface area contributed by atoms with E-state index in [1.807, 2.05) is 0 Å². The lowest BCUT2D eigenvalue weighted by Gasteiger charge is -2.49. The SMILES string of the molecule is C1C2CC3CC1CC(C2)C3.C=CCl.O=C(O)C=CC(=O)O. The molecule has 4 fully saturated rings. The number of carbonyl (C=O) groups is 2. The molecule has 2 N–H and O–H groups in total. The summed E-state index contributed by atoms with van der Waals surface area (Å²) in [4.78, 5) is 19.1. The maximum atomic E-state index is 9.55. The summed E-state index contributed by atoms with van der Waals surface area (Å²) in [5.74, 6) is 2.19. The van der Waals surface area contributed by atoms with Crippen LogP contribution in [0.25, 0.3) is 0 Å². The molecule has 4 rings (SSSR count). The Balaban J connectivity index is 0.000000183. The van der Waals surface area contributed by atoms with Crippen LogP contribution in [0.5, 0.6) is 0 Å². The maximum absolute atomic E-state index is 9.55. The van der Waals surface area contributed by atoms with Gasteiger partial charge in [-0.25, -0.2) is 9.59 Å². The van der Waals surface area contributed by atoms with Crippen LogP contribution in [0.1, 0.15) is 38.5 Å². The second-order valence-corrected chi connectivity index (χ2v) is 6.35. The van der Waals surface area contributed by atoms with Crippen LogP contribution in [-0.4, -0.2) is 22.2 Å². The number of hydrogen-bond donors (Lipinski definition) is 2. The molecule has 4 aliphatic rings. The van der Waals surface area contributed by atoms with Gasteiger partial charge in [0.15, 0.2) is 0 Å². The van der Waals surface area contributed by atoms with Crippen LogP contribution < -0.4 is 0 Å². The minimum atomic E-state index is -1.26. The van der Waals surface area contributed by atoms with Crippen molar-refractivity contribution < 1.29 is 19.8 Å². The Hall–Kier alpha value is -1.29. The zero-order valence-corrected chi connectivity index (χ0v) is 12.8. The standard InChI is InChI=1S/C10H16.C4H4O4.C2H3Cl/c1-7-2-9-4-8(1)5-10(3-7)6-9;5-3(6)1-2-4(7)8;1-2-3/h7-10H,1-6H2;1-2H,(H,5,6)(H,7,8);2H,1H2. The van der Waals surface area contributed by atoms with Gasteiger partial charge in [0.1, 0.15) is 0 Å². The zero-order valence-electron chi connectivity index (χ0n) is 12.1. The van der Waals surface area contributed by atoms with Crippen molar-refractivity contribution in [3.63, 3.8) is 0 Å². The van der Waals surface area contributed by atoms with Crippen molar-refractivity contribution in [2.24, 2.45) is 23.7 Å². The number of halogens is 1. The normalized spacial score (nSPS) is 31.7. The first kappa shape index (κ1) is 17.8. The van der Waals surface area contributed by atoms with E-state index in [9.17, 15) is 9.59 Å². The molecule has 21 heavy (non-hydrogen) atoms. The van der Waals surface area contributed by atoms with E-state index in [-0.39, 0.29) is 0 Å². The van der Waals surface area contributed by atoms with Gasteiger partial charge in [-0.3, -0.25) is 0 Å². The van der Waals surface area contributed by atoms with Crippen molar-refractivity contribution in [3.8, 4) is 0 Å². The van der Waals surface area contributed by atoms with E-state index in [1.165, 1.54) is 29.2 Å². The lowest BCUT2D eigenvalue weighted by molar-refractivity contribution is -0.134. The van der Waals surface area contributed by atoms with Gasteiger partial charge in [-0.15, -0.1) is 0 Å². The van der Waals surface area contributed by atoms with E-state index >= 15 is 0 Å². The van der Waals surface area contributed by atoms with Crippen LogP contribution >= 0.6 is 11.6 Å². The van der Waals surface area contributed by atoms with Gasteiger partial charge in [-0.05, 0) is 67.7 Å². The average molecular weight is 315 g/mol. The Morgan fingerprint density at radius 1 is 0.810 bits per heavy atom. The highest BCUT2D eigenvalue weighted by Gasteiger charge is 2.41. The molecule has 0 heterocycles. The summed E-state index contributed by atoms with van der Waals surface area (Å²) in [5, 5.41) is 15.6. The fourth-order valence-electron chi connectivity index (χ4n) is 4.13. The molecule has 0 radical (unpaired) electrons. The molecule has 0 spiro atoms. The Labute approximate surface area is 130 Å². The molecule has 4 aliphatic carbocycles. The molecule has 0 aliphatic heterocycles. The molecule has 4 saturated carbocycles. The molecule has 0 amide bonds. The number of hydrogen-bond acceptors (Lipinski definition) is 2. The van der Waals surface area contributed by atoms with Gasteiger partial charge in [0.25, 0.3) is 0 Å². The molecule has 0 atom stereocenters. The summed E-state index contributed by atoms with van der Waals surface area (Å²) in [5.41, 5.74) is 1.22. The van der Waals surface area contributed by atoms with Gasteiger partial charge in [-0.2, -0.15) is 0 Å². The van der Waals surface area contributed by atoms with Gasteiger partial charge >= 0.3 is 11.9 Å². The van der Waals surface area contributed by atoms with Crippen LogP contribution in [0.2, 0.25) is 0 Å². The predicted octanol–water partition coefficient (Wildman–Crippen LogP) is 3.91. The van der Waals surface area contributed by atoms with Crippen molar-refractivity contribution in [1.82, 2.24) is 0 Å². The highest BCUT2D eigenvalue weighted by molar-refractivity contribution is 6.25. The van der Waals surface area contributed by atoms with Crippen LogP contribution in [0.4, 0.5) is 0 Å². The molecule has 0 aromatic rings. The molecular weight excluding hydrogens is 292 g/mol. The van der Waals surface area contributed by atoms with Gasteiger partial charge < -0.3 is 10.2 Å². The van der Waals surface area contributed by atoms with E-state index in [4.69, 9.17) is 21.8 Å². The number of carboxylic acids is 2. The first-order chi connectivity index (χ1) is 9.94. The van der Waals surface area contributed by atoms with E-state index in [1.54, 1.807) is 38.5 Å². The van der Waals surface area contributed by atoms with Crippen LogP contribution in [-0.2, 0) is 9.59 Å². The Morgan fingerprint density at radius 3 is 1.14 bits per heavy atom. The van der Waals surface area contributed by atoms with Crippen molar-refractivity contribution in [3.05, 3.63) is 24.3 Å². The molecule has 4 nitrogen and oxygen atoms in total. The highest BCUT2D eigenvalue weighted by atomic mass is 35.5. The summed E-state index contributed by atoms with van der Waals surface area (Å²) in [6.45, 7) is 3.13. The third-order valence-electron chi connectivity index (χ3n) is 4.37. The lowest BCUT2D eigenvalue weighted by atomic mass is 9.56. The van der Waals surface area contributed by atoms with E-state index in [0.717, 1.165) is 0 Å². The first-order valence-corrected chi connectivity index (χ1v) is 7.73. The van der Waals surface area contributed by atoms with Crippen molar-refractivity contribution in [2.45, 2.75) is 38.5 Å². The minimum Gasteiger partial charge on any atom is -0.478 e. The Bertz CT molecular complexity index is 331. The van der Waals surface area contributed by atoms with Crippen LogP contribution in [0.15, 0.2) is 24.3 Å². The minimum absolute atomic E-state index is 0.558. The average Bonchev–Trinajstić information content (AvgIpc) is 2.36. The monoisotopic (exact) mass is 314 g/mol. The number of rotatable bonds is 2. The lowest BCUT2D eigenvalue weighted by Crippen LogP contribution is -2.38.